The molecule has 1 fully saturated rings. The molecule has 1 N–H and O–H groups in total. The zero-order valence-corrected chi connectivity index (χ0v) is 13.1. The summed E-state index contributed by atoms with van der Waals surface area (Å²) in [6.45, 7) is 8.36. The number of piperidine rings is 1. The number of hydrogen-bond acceptors (Lipinski definition) is 4. The standard InChI is InChI=1S/C15H28N2O3/c1-11(2)10-17(8-6-14(18)20-4)15(19)13-9-12(3)5-7-16-13/h11-13,16H,5-10H2,1-4H3. The zero-order valence-electron chi connectivity index (χ0n) is 13.1. The van der Waals surface area contributed by atoms with Gasteiger partial charge in [-0.3, -0.25) is 9.59 Å². The first-order valence-electron chi connectivity index (χ1n) is 7.53. The lowest BCUT2D eigenvalue weighted by Crippen LogP contribution is -2.51. The van der Waals surface area contributed by atoms with E-state index in [0.717, 1.165) is 19.4 Å². The van der Waals surface area contributed by atoms with Gasteiger partial charge in [0.2, 0.25) is 5.91 Å². The summed E-state index contributed by atoms with van der Waals surface area (Å²) in [4.78, 5) is 25.7. The summed E-state index contributed by atoms with van der Waals surface area (Å²) < 4.78 is 4.66. The number of carbonyl (C=O) groups excluding carboxylic acids is 2. The monoisotopic (exact) mass is 284 g/mol. The fourth-order valence-corrected chi connectivity index (χ4v) is 2.58. The van der Waals surface area contributed by atoms with Crippen molar-refractivity contribution in [2.75, 3.05) is 26.7 Å². The quantitative estimate of drug-likeness (QED) is 0.750. The molecule has 2 unspecified atom stereocenters. The van der Waals surface area contributed by atoms with Gasteiger partial charge in [-0.15, -0.1) is 0 Å². The second-order valence-electron chi connectivity index (χ2n) is 6.14. The third-order valence-electron chi connectivity index (χ3n) is 3.67. The molecule has 0 spiro atoms. The van der Waals surface area contributed by atoms with Crippen molar-refractivity contribution >= 4 is 11.9 Å². The summed E-state index contributed by atoms with van der Waals surface area (Å²) in [7, 11) is 1.38. The number of amides is 1. The van der Waals surface area contributed by atoms with Gasteiger partial charge < -0.3 is 15.0 Å². The number of carbonyl (C=O) groups is 2. The smallest absolute Gasteiger partial charge is 0.307 e. The first-order valence-corrected chi connectivity index (χ1v) is 7.53. The maximum Gasteiger partial charge on any atom is 0.307 e. The van der Waals surface area contributed by atoms with Gasteiger partial charge in [0, 0.05) is 13.1 Å². The predicted octanol–water partition coefficient (Wildman–Crippen LogP) is 1.42. The highest BCUT2D eigenvalue weighted by Crippen LogP contribution is 2.17. The number of esters is 1. The first kappa shape index (κ1) is 17.0. The number of methoxy groups -OCH3 is 1. The van der Waals surface area contributed by atoms with Crippen LogP contribution in [0.2, 0.25) is 0 Å². The number of nitrogens with one attached hydrogen (secondary N) is 1. The van der Waals surface area contributed by atoms with Gasteiger partial charge in [0.1, 0.15) is 0 Å². The molecule has 1 aliphatic heterocycles. The van der Waals surface area contributed by atoms with Gasteiger partial charge in [0.05, 0.1) is 19.6 Å². The molecule has 20 heavy (non-hydrogen) atoms. The fraction of sp³-hybridized carbons (Fsp3) is 0.867. The van der Waals surface area contributed by atoms with E-state index in [9.17, 15) is 9.59 Å². The van der Waals surface area contributed by atoms with Crippen molar-refractivity contribution in [1.29, 1.82) is 0 Å². The van der Waals surface area contributed by atoms with Crippen LogP contribution in [0, 0.1) is 11.8 Å². The normalized spacial score (nSPS) is 22.6. The molecule has 2 atom stereocenters. The molecule has 1 amide bonds. The summed E-state index contributed by atoms with van der Waals surface area (Å²) in [6.07, 6.45) is 2.26. The average molecular weight is 284 g/mol. The van der Waals surface area contributed by atoms with Gasteiger partial charge >= 0.3 is 5.97 Å². The van der Waals surface area contributed by atoms with E-state index in [1.54, 1.807) is 4.90 Å². The summed E-state index contributed by atoms with van der Waals surface area (Å²) in [5.74, 6) is 0.815. The van der Waals surface area contributed by atoms with Crippen LogP contribution in [0.3, 0.4) is 0 Å². The Balaban J connectivity index is 2.60. The number of hydrogen-bond donors (Lipinski definition) is 1. The Kier molecular flexibility index (Phi) is 6.99. The molecule has 1 heterocycles. The molecule has 1 aliphatic rings. The van der Waals surface area contributed by atoms with Crippen LogP contribution in [-0.2, 0) is 14.3 Å². The number of ether oxygens (including phenoxy) is 1. The van der Waals surface area contributed by atoms with Gasteiger partial charge in [0.15, 0.2) is 0 Å². The lowest BCUT2D eigenvalue weighted by atomic mass is 9.93. The van der Waals surface area contributed by atoms with Crippen LogP contribution in [-0.4, -0.2) is 49.6 Å². The van der Waals surface area contributed by atoms with Crippen molar-refractivity contribution in [3.8, 4) is 0 Å². The topological polar surface area (TPSA) is 58.6 Å². The van der Waals surface area contributed by atoms with Gasteiger partial charge in [0.25, 0.3) is 0 Å². The molecule has 5 heteroatoms. The Bertz CT molecular complexity index is 331. The van der Waals surface area contributed by atoms with E-state index in [1.165, 1.54) is 7.11 Å². The highest BCUT2D eigenvalue weighted by Gasteiger charge is 2.28. The molecule has 0 aliphatic carbocycles. The van der Waals surface area contributed by atoms with Crippen LogP contribution >= 0.6 is 0 Å². The summed E-state index contributed by atoms with van der Waals surface area (Å²) in [5.41, 5.74) is 0. The first-order chi connectivity index (χ1) is 9.43. The predicted molar refractivity (Wildman–Crippen MR) is 78.2 cm³/mol. The van der Waals surface area contributed by atoms with Crippen molar-refractivity contribution in [1.82, 2.24) is 10.2 Å². The number of rotatable bonds is 6. The molecule has 5 nitrogen and oxygen atoms in total. The van der Waals surface area contributed by atoms with E-state index < -0.39 is 0 Å². The van der Waals surface area contributed by atoms with Gasteiger partial charge in [-0.05, 0) is 31.2 Å². The van der Waals surface area contributed by atoms with Crippen LogP contribution in [0.5, 0.6) is 0 Å². The molecular weight excluding hydrogens is 256 g/mol. The van der Waals surface area contributed by atoms with E-state index in [4.69, 9.17) is 0 Å². The molecule has 1 rings (SSSR count). The summed E-state index contributed by atoms with van der Waals surface area (Å²) in [6, 6.07) is -0.102. The molecule has 116 valence electrons. The highest BCUT2D eigenvalue weighted by atomic mass is 16.5. The Labute approximate surface area is 122 Å². The maximum absolute atomic E-state index is 12.6. The van der Waals surface area contributed by atoms with Gasteiger partial charge in [-0.25, -0.2) is 0 Å². The molecule has 0 aromatic heterocycles. The summed E-state index contributed by atoms with van der Waals surface area (Å²) in [5, 5.41) is 3.30. The van der Waals surface area contributed by atoms with E-state index >= 15 is 0 Å². The molecular formula is C15H28N2O3. The Morgan fingerprint density at radius 1 is 1.40 bits per heavy atom. The van der Waals surface area contributed by atoms with Gasteiger partial charge in [-0.1, -0.05) is 20.8 Å². The van der Waals surface area contributed by atoms with Crippen molar-refractivity contribution in [3.05, 3.63) is 0 Å². The molecule has 0 aromatic rings. The maximum atomic E-state index is 12.6. The minimum atomic E-state index is -0.267. The Hall–Kier alpha value is -1.10. The van der Waals surface area contributed by atoms with Crippen molar-refractivity contribution in [3.63, 3.8) is 0 Å². The van der Waals surface area contributed by atoms with Crippen LogP contribution in [0.4, 0.5) is 0 Å². The second kappa shape index (κ2) is 8.25. The summed E-state index contributed by atoms with van der Waals surface area (Å²) >= 11 is 0. The third-order valence-corrected chi connectivity index (χ3v) is 3.67. The largest absolute Gasteiger partial charge is 0.469 e. The van der Waals surface area contributed by atoms with E-state index in [1.807, 2.05) is 0 Å². The Morgan fingerprint density at radius 3 is 2.65 bits per heavy atom. The molecule has 0 saturated carbocycles. The highest BCUT2D eigenvalue weighted by molar-refractivity contribution is 5.82. The van der Waals surface area contributed by atoms with Crippen molar-refractivity contribution in [2.24, 2.45) is 11.8 Å². The fourth-order valence-electron chi connectivity index (χ4n) is 2.58. The zero-order chi connectivity index (χ0) is 15.1. The van der Waals surface area contributed by atoms with E-state index in [2.05, 4.69) is 30.8 Å². The van der Waals surface area contributed by atoms with E-state index in [-0.39, 0.29) is 24.3 Å². The van der Waals surface area contributed by atoms with Crippen LogP contribution in [0.15, 0.2) is 0 Å². The third kappa shape index (κ3) is 5.49. The van der Waals surface area contributed by atoms with Crippen molar-refractivity contribution < 1.29 is 14.3 Å². The Morgan fingerprint density at radius 2 is 2.10 bits per heavy atom. The molecule has 0 bridgehead atoms. The van der Waals surface area contributed by atoms with Gasteiger partial charge in [-0.2, -0.15) is 0 Å². The van der Waals surface area contributed by atoms with Crippen LogP contribution < -0.4 is 5.32 Å². The minimum absolute atomic E-state index is 0.102. The average Bonchev–Trinajstić information content (AvgIpc) is 2.41. The number of nitrogens with zero attached hydrogens (tertiary/aromatic N) is 1. The van der Waals surface area contributed by atoms with Crippen LogP contribution in [0.1, 0.15) is 40.0 Å². The minimum Gasteiger partial charge on any atom is -0.469 e. The van der Waals surface area contributed by atoms with Crippen LogP contribution in [0.25, 0.3) is 0 Å². The second-order valence-corrected chi connectivity index (χ2v) is 6.14. The lowest BCUT2D eigenvalue weighted by molar-refractivity contribution is -0.142. The molecule has 0 radical (unpaired) electrons. The molecule has 0 aromatic carbocycles. The van der Waals surface area contributed by atoms with E-state index in [0.29, 0.717) is 24.9 Å². The molecule has 1 saturated heterocycles. The van der Waals surface area contributed by atoms with Crippen molar-refractivity contribution in [2.45, 2.75) is 46.1 Å². The lowest BCUT2D eigenvalue weighted by Gasteiger charge is -2.33. The SMILES string of the molecule is COC(=O)CCN(CC(C)C)C(=O)C1CC(C)CCN1.